The lowest BCUT2D eigenvalue weighted by Gasteiger charge is -2.43. The summed E-state index contributed by atoms with van der Waals surface area (Å²) >= 11 is 0. The Kier molecular flexibility index (Phi) is 9.56. The largest absolute Gasteiger partial charge is 0.505 e. The maximum absolute atomic E-state index is 14.0. The summed E-state index contributed by atoms with van der Waals surface area (Å²) in [6.07, 6.45) is 6.62. The van der Waals surface area contributed by atoms with Gasteiger partial charge in [-0.05, 0) is 85.2 Å². The molecule has 2 saturated heterocycles. The van der Waals surface area contributed by atoms with Crippen LogP contribution in [0.25, 0.3) is 6.08 Å². The molecule has 0 radical (unpaired) electrons. The third kappa shape index (κ3) is 6.36. The molecule has 4 atom stereocenters. The molecule has 0 bridgehead atoms. The molecule has 0 unspecified atom stereocenters. The third-order valence-electron chi connectivity index (χ3n) is 8.93. The molecule has 2 aromatic rings. The molecule has 1 aliphatic carbocycles. The number of carbonyl (C=O) groups excluding carboxylic acids is 2. The van der Waals surface area contributed by atoms with Gasteiger partial charge in [-0.2, -0.15) is 0 Å². The van der Waals surface area contributed by atoms with Gasteiger partial charge in [0.25, 0.3) is 0 Å². The first-order valence-electron chi connectivity index (χ1n) is 15.2. The Morgan fingerprint density at radius 2 is 1.88 bits per heavy atom. The average Bonchev–Trinajstić information content (AvgIpc) is 3.22. The summed E-state index contributed by atoms with van der Waals surface area (Å²) < 4.78 is 20.1. The van der Waals surface area contributed by atoms with Crippen LogP contribution in [0.2, 0.25) is 6.32 Å². The van der Waals surface area contributed by atoms with Crippen molar-refractivity contribution < 1.29 is 38.8 Å². The van der Waals surface area contributed by atoms with Gasteiger partial charge in [0.1, 0.15) is 0 Å². The zero-order valence-electron chi connectivity index (χ0n) is 24.6. The standard InChI is InChI=1S/C32H38B2FNO7/c1-3-6-19(14-20-10-12-27(37)26(35)15-20)11-13-28-29-21(7-4-2)16-24-30(25(29)18-33(40)43-28)32(39)36(31(24)38)23-9-5-8-22(17-23)34(41)42/h5,8-10,12,14-15,17,24-25,28,30,37,40-42H,3-4,6-7,11,13,16,18H2,1-2H3/b19-14+/t24-,25+,28-,30-/m1/s1. The van der Waals surface area contributed by atoms with Crippen molar-refractivity contribution in [3.63, 3.8) is 0 Å². The average molecular weight is 589 g/mol. The number of aromatic hydroxyl groups is 1. The molecule has 2 fully saturated rings. The number of benzene rings is 2. The molecule has 0 saturated carbocycles. The minimum absolute atomic E-state index is 0.186. The molecule has 0 spiro atoms. The van der Waals surface area contributed by atoms with Gasteiger partial charge < -0.3 is 24.8 Å². The number of phenols is 1. The Morgan fingerprint density at radius 3 is 2.58 bits per heavy atom. The fourth-order valence-corrected chi connectivity index (χ4v) is 7.14. The Hall–Kier alpha value is -3.24. The number of anilines is 1. The first-order valence-corrected chi connectivity index (χ1v) is 15.2. The fraction of sp³-hybridized carbons (Fsp3) is 0.438. The summed E-state index contributed by atoms with van der Waals surface area (Å²) in [5.41, 5.74) is 4.35. The number of nitrogens with zero attached hydrogens (tertiary/aromatic N) is 1. The summed E-state index contributed by atoms with van der Waals surface area (Å²) in [6, 6.07) is 10.5. The van der Waals surface area contributed by atoms with Crippen LogP contribution >= 0.6 is 0 Å². The molecule has 2 heterocycles. The number of hydrogen-bond acceptors (Lipinski definition) is 7. The molecule has 226 valence electrons. The summed E-state index contributed by atoms with van der Waals surface area (Å²) in [5.74, 6) is -3.28. The molecule has 5 rings (SSSR count). The lowest BCUT2D eigenvalue weighted by Crippen LogP contribution is -2.46. The maximum Gasteiger partial charge on any atom is 0.488 e. The van der Waals surface area contributed by atoms with Crippen molar-refractivity contribution in [3.8, 4) is 5.75 Å². The number of allylic oxidation sites excluding steroid dienone is 2. The maximum atomic E-state index is 14.0. The van der Waals surface area contributed by atoms with Gasteiger partial charge >= 0.3 is 14.2 Å². The van der Waals surface area contributed by atoms with Crippen LogP contribution in [0.15, 0.2) is 59.2 Å². The predicted octanol–water partition coefficient (Wildman–Crippen LogP) is 3.98. The summed E-state index contributed by atoms with van der Waals surface area (Å²) in [7, 11) is -2.82. The number of imide groups is 1. The van der Waals surface area contributed by atoms with Crippen LogP contribution < -0.4 is 10.4 Å². The van der Waals surface area contributed by atoms with Gasteiger partial charge in [-0.1, -0.05) is 62.1 Å². The van der Waals surface area contributed by atoms with E-state index in [0.717, 1.165) is 42.4 Å². The molecule has 2 aromatic carbocycles. The van der Waals surface area contributed by atoms with E-state index in [1.807, 2.05) is 6.08 Å². The summed E-state index contributed by atoms with van der Waals surface area (Å²) in [4.78, 5) is 28.9. The van der Waals surface area contributed by atoms with Gasteiger partial charge in [0.15, 0.2) is 11.6 Å². The van der Waals surface area contributed by atoms with Crippen molar-refractivity contribution in [1.29, 1.82) is 0 Å². The van der Waals surface area contributed by atoms with E-state index in [2.05, 4.69) is 13.8 Å². The Morgan fingerprint density at radius 1 is 1.09 bits per heavy atom. The van der Waals surface area contributed by atoms with Crippen molar-refractivity contribution in [1.82, 2.24) is 0 Å². The van der Waals surface area contributed by atoms with Gasteiger partial charge in [-0.15, -0.1) is 0 Å². The molecular formula is C32H38B2FNO7. The first-order chi connectivity index (χ1) is 20.6. The summed E-state index contributed by atoms with van der Waals surface area (Å²) in [6.45, 7) is 4.14. The second-order valence-electron chi connectivity index (χ2n) is 11.8. The minimum Gasteiger partial charge on any atom is -0.505 e. The van der Waals surface area contributed by atoms with Gasteiger partial charge in [-0.25, -0.2) is 4.39 Å². The second kappa shape index (κ2) is 13.2. The van der Waals surface area contributed by atoms with Crippen molar-refractivity contribution in [2.24, 2.45) is 17.8 Å². The minimum atomic E-state index is -1.73. The molecule has 2 aliphatic heterocycles. The molecule has 4 N–H and O–H groups in total. The van der Waals surface area contributed by atoms with E-state index in [-0.39, 0.29) is 29.5 Å². The van der Waals surface area contributed by atoms with Crippen molar-refractivity contribution in [2.75, 3.05) is 4.90 Å². The van der Waals surface area contributed by atoms with E-state index >= 15 is 0 Å². The zero-order chi connectivity index (χ0) is 30.8. The zero-order valence-corrected chi connectivity index (χ0v) is 24.6. The number of carbonyl (C=O) groups is 2. The number of amides is 2. The lowest BCUT2D eigenvalue weighted by atomic mass is 9.58. The highest BCUT2D eigenvalue weighted by molar-refractivity contribution is 6.58. The SMILES string of the molecule is CCCC1=C2[C@@H](CC/C(=C/c3ccc(O)c(F)c3)CCC)OB(O)C[C@@H]2[C@@H]2C(=O)N(c3cccc(B(O)O)c3)C(=O)[C@@H]2C1. The number of phenolic OH excluding ortho intramolecular Hbond substituents is 1. The second-order valence-corrected chi connectivity index (χ2v) is 11.8. The van der Waals surface area contributed by atoms with Gasteiger partial charge in [0.05, 0.1) is 23.6 Å². The smallest absolute Gasteiger partial charge is 0.488 e. The fourth-order valence-electron chi connectivity index (χ4n) is 7.14. The predicted molar refractivity (Wildman–Crippen MR) is 164 cm³/mol. The van der Waals surface area contributed by atoms with Gasteiger partial charge in [0.2, 0.25) is 11.8 Å². The monoisotopic (exact) mass is 589 g/mol. The number of hydrogen-bond donors (Lipinski definition) is 4. The third-order valence-corrected chi connectivity index (χ3v) is 8.93. The number of fused-ring (bicyclic) bond motifs is 3. The summed E-state index contributed by atoms with van der Waals surface area (Å²) in [5, 5.41) is 39.7. The van der Waals surface area contributed by atoms with Crippen molar-refractivity contribution >= 4 is 43.3 Å². The van der Waals surface area contributed by atoms with E-state index in [0.29, 0.717) is 30.5 Å². The van der Waals surface area contributed by atoms with Crippen LogP contribution in [0.4, 0.5) is 10.1 Å². The van der Waals surface area contributed by atoms with E-state index in [1.54, 1.807) is 18.2 Å². The van der Waals surface area contributed by atoms with E-state index in [1.165, 1.54) is 29.2 Å². The van der Waals surface area contributed by atoms with Crippen molar-refractivity contribution in [2.45, 2.75) is 71.2 Å². The van der Waals surface area contributed by atoms with Crippen LogP contribution in [-0.4, -0.2) is 52.3 Å². The van der Waals surface area contributed by atoms with Crippen LogP contribution in [0.1, 0.15) is 64.4 Å². The lowest BCUT2D eigenvalue weighted by molar-refractivity contribution is -0.122. The topological polar surface area (TPSA) is 128 Å². The molecular weight excluding hydrogens is 551 g/mol. The van der Waals surface area contributed by atoms with Crippen LogP contribution in [0.3, 0.4) is 0 Å². The van der Waals surface area contributed by atoms with E-state index in [4.69, 9.17) is 4.65 Å². The van der Waals surface area contributed by atoms with Crippen LogP contribution in [0.5, 0.6) is 5.75 Å². The van der Waals surface area contributed by atoms with E-state index in [9.17, 15) is 34.2 Å². The highest BCUT2D eigenvalue weighted by Crippen LogP contribution is 2.52. The van der Waals surface area contributed by atoms with E-state index < -0.39 is 43.7 Å². The number of halogens is 1. The highest BCUT2D eigenvalue weighted by Gasteiger charge is 2.57. The molecule has 2 amide bonds. The highest BCUT2D eigenvalue weighted by atomic mass is 19.1. The van der Waals surface area contributed by atoms with Crippen LogP contribution in [-0.2, 0) is 14.2 Å². The molecule has 0 aromatic heterocycles. The molecule has 43 heavy (non-hydrogen) atoms. The first kappa shape index (κ1) is 31.2. The Labute approximate surface area is 252 Å². The quantitative estimate of drug-likeness (QED) is 0.188. The molecule has 11 heteroatoms. The Bertz CT molecular complexity index is 1440. The van der Waals surface area contributed by atoms with Crippen molar-refractivity contribution in [3.05, 3.63) is 70.6 Å². The van der Waals surface area contributed by atoms with Gasteiger partial charge in [-0.3, -0.25) is 14.5 Å². The van der Waals surface area contributed by atoms with Gasteiger partial charge in [0, 0.05) is 0 Å². The number of rotatable bonds is 10. The molecule has 8 nitrogen and oxygen atoms in total. The van der Waals surface area contributed by atoms with Crippen LogP contribution in [0, 0.1) is 23.6 Å². The normalized spacial score (nSPS) is 24.0. The molecule has 3 aliphatic rings. The Balaban J connectivity index is 1.44.